The minimum Gasteiger partial charge on any atom is -0.350 e. The number of benzene rings is 1. The monoisotopic (exact) mass is 308 g/mol. The van der Waals surface area contributed by atoms with Gasteiger partial charge in [-0.2, -0.15) is 0 Å². The van der Waals surface area contributed by atoms with Crippen LogP contribution in [0.2, 0.25) is 0 Å². The average molecular weight is 309 g/mol. The molecule has 0 bridgehead atoms. The smallest absolute Gasteiger partial charge is 0.261 e. The van der Waals surface area contributed by atoms with Gasteiger partial charge in [0.2, 0.25) is 5.91 Å². The van der Waals surface area contributed by atoms with Gasteiger partial charge in [0, 0.05) is 12.6 Å². The van der Waals surface area contributed by atoms with Crippen molar-refractivity contribution in [2.45, 2.75) is 19.0 Å². The third-order valence-corrected chi connectivity index (χ3v) is 3.47. The predicted molar refractivity (Wildman–Crippen MR) is 82.7 cm³/mol. The number of rotatable bonds is 3. The molecule has 1 aliphatic heterocycles. The zero-order valence-corrected chi connectivity index (χ0v) is 12.2. The number of hydrogen-bond acceptors (Lipinski definition) is 4. The maximum atomic E-state index is 12.2. The molecule has 0 saturated carbocycles. The molecule has 112 valence electrons. The van der Waals surface area contributed by atoms with Crippen LogP contribution in [0.15, 0.2) is 35.4 Å². The maximum absolute atomic E-state index is 12.2. The van der Waals surface area contributed by atoms with Gasteiger partial charge in [-0.3, -0.25) is 14.2 Å². The highest BCUT2D eigenvalue weighted by molar-refractivity contribution is 5.85. The topological polar surface area (TPSA) is 76.0 Å². The quantitative estimate of drug-likeness (QED) is 0.855. The Morgan fingerprint density at radius 1 is 1.43 bits per heavy atom. The van der Waals surface area contributed by atoms with E-state index >= 15 is 0 Å². The van der Waals surface area contributed by atoms with Crippen LogP contribution in [0, 0.1) is 0 Å². The summed E-state index contributed by atoms with van der Waals surface area (Å²) in [6, 6.07) is 7.29. The molecule has 3 rings (SSSR count). The zero-order valence-electron chi connectivity index (χ0n) is 11.4. The molecule has 2 aromatic rings. The Hall–Kier alpha value is -1.92. The van der Waals surface area contributed by atoms with Gasteiger partial charge in [0.15, 0.2) is 0 Å². The largest absolute Gasteiger partial charge is 0.350 e. The van der Waals surface area contributed by atoms with Gasteiger partial charge in [0.05, 0.1) is 17.2 Å². The van der Waals surface area contributed by atoms with Crippen molar-refractivity contribution >= 4 is 29.2 Å². The van der Waals surface area contributed by atoms with E-state index in [4.69, 9.17) is 0 Å². The number of nitrogens with one attached hydrogen (secondary N) is 2. The number of nitrogens with zero attached hydrogens (tertiary/aromatic N) is 2. The van der Waals surface area contributed by atoms with Crippen molar-refractivity contribution in [1.82, 2.24) is 20.2 Å². The first-order chi connectivity index (χ1) is 9.74. The Morgan fingerprint density at radius 2 is 2.24 bits per heavy atom. The van der Waals surface area contributed by atoms with Gasteiger partial charge in [0.1, 0.15) is 6.54 Å². The average Bonchev–Trinajstić information content (AvgIpc) is 2.95. The fourth-order valence-electron chi connectivity index (χ4n) is 2.42. The van der Waals surface area contributed by atoms with Crippen LogP contribution < -0.4 is 16.2 Å². The minimum absolute atomic E-state index is 0. The van der Waals surface area contributed by atoms with Crippen LogP contribution in [-0.4, -0.2) is 34.6 Å². The third-order valence-electron chi connectivity index (χ3n) is 3.47. The lowest BCUT2D eigenvalue weighted by Crippen LogP contribution is -2.39. The van der Waals surface area contributed by atoms with Crippen molar-refractivity contribution in [2.24, 2.45) is 0 Å². The van der Waals surface area contributed by atoms with Gasteiger partial charge in [-0.15, -0.1) is 12.4 Å². The van der Waals surface area contributed by atoms with E-state index < -0.39 is 0 Å². The van der Waals surface area contributed by atoms with Gasteiger partial charge in [-0.1, -0.05) is 12.1 Å². The summed E-state index contributed by atoms with van der Waals surface area (Å²) >= 11 is 0. The summed E-state index contributed by atoms with van der Waals surface area (Å²) in [5.41, 5.74) is 0.462. The molecule has 21 heavy (non-hydrogen) atoms. The molecular weight excluding hydrogens is 292 g/mol. The van der Waals surface area contributed by atoms with Gasteiger partial charge >= 0.3 is 0 Å². The van der Waals surface area contributed by atoms with Gasteiger partial charge in [-0.05, 0) is 25.1 Å². The van der Waals surface area contributed by atoms with E-state index in [1.54, 1.807) is 18.2 Å². The van der Waals surface area contributed by atoms with E-state index in [0.717, 1.165) is 19.5 Å². The number of aromatic nitrogens is 2. The highest BCUT2D eigenvalue weighted by Gasteiger charge is 2.17. The standard InChI is InChI=1S/C14H16N4O2.ClH/c19-13(17-10-5-6-15-7-10)8-18-9-16-12-4-2-1-3-11(12)14(18)20;/h1-4,9-10,15H,5-8H2,(H,17,19);1H. The maximum Gasteiger partial charge on any atom is 0.261 e. The highest BCUT2D eigenvalue weighted by atomic mass is 35.5. The molecule has 0 radical (unpaired) electrons. The van der Waals surface area contributed by atoms with Gasteiger partial charge < -0.3 is 10.6 Å². The van der Waals surface area contributed by atoms with Crippen molar-refractivity contribution in [3.63, 3.8) is 0 Å². The normalized spacial score (nSPS) is 17.4. The van der Waals surface area contributed by atoms with Crippen molar-refractivity contribution in [1.29, 1.82) is 0 Å². The van der Waals surface area contributed by atoms with E-state index in [-0.39, 0.29) is 36.5 Å². The number of carbonyl (C=O) groups excluding carboxylic acids is 1. The van der Waals surface area contributed by atoms with E-state index in [2.05, 4.69) is 15.6 Å². The Labute approximate surface area is 128 Å². The molecular formula is C14H17ClN4O2. The molecule has 2 N–H and O–H groups in total. The molecule has 1 atom stereocenters. The lowest BCUT2D eigenvalue weighted by molar-refractivity contribution is -0.122. The summed E-state index contributed by atoms with van der Waals surface area (Å²) in [5.74, 6) is -0.155. The van der Waals surface area contributed by atoms with Crippen LogP contribution in [0.1, 0.15) is 6.42 Å². The van der Waals surface area contributed by atoms with Crippen molar-refractivity contribution < 1.29 is 4.79 Å². The summed E-state index contributed by atoms with van der Waals surface area (Å²) in [6.45, 7) is 1.71. The van der Waals surface area contributed by atoms with Crippen molar-refractivity contribution in [3.8, 4) is 0 Å². The zero-order chi connectivity index (χ0) is 13.9. The first-order valence-corrected chi connectivity index (χ1v) is 6.68. The Bertz CT molecular complexity index is 695. The van der Waals surface area contributed by atoms with Crippen LogP contribution in [0.4, 0.5) is 0 Å². The van der Waals surface area contributed by atoms with Gasteiger partial charge in [0.25, 0.3) is 5.56 Å². The molecule has 0 spiro atoms. The Morgan fingerprint density at radius 3 is 3.00 bits per heavy atom. The number of carbonyl (C=O) groups is 1. The first-order valence-electron chi connectivity index (χ1n) is 6.68. The van der Waals surface area contributed by atoms with E-state index in [1.807, 2.05) is 6.07 Å². The Balaban J connectivity index is 0.00000161. The van der Waals surface area contributed by atoms with E-state index in [0.29, 0.717) is 10.9 Å². The molecule has 0 aliphatic carbocycles. The first kappa shape index (κ1) is 15.5. The summed E-state index contributed by atoms with van der Waals surface area (Å²) in [6.07, 6.45) is 2.35. The number of fused-ring (bicyclic) bond motifs is 1. The van der Waals surface area contributed by atoms with E-state index in [9.17, 15) is 9.59 Å². The fourth-order valence-corrected chi connectivity index (χ4v) is 2.42. The van der Waals surface area contributed by atoms with Crippen molar-refractivity contribution in [3.05, 3.63) is 40.9 Å². The molecule has 1 aromatic carbocycles. The molecule has 7 heteroatoms. The van der Waals surface area contributed by atoms with Crippen LogP contribution in [0.3, 0.4) is 0 Å². The minimum atomic E-state index is -0.185. The van der Waals surface area contributed by atoms with Gasteiger partial charge in [-0.25, -0.2) is 4.98 Å². The lowest BCUT2D eigenvalue weighted by atomic mass is 10.2. The number of para-hydroxylation sites is 1. The second-order valence-electron chi connectivity index (χ2n) is 4.95. The number of halogens is 1. The second-order valence-corrected chi connectivity index (χ2v) is 4.95. The predicted octanol–water partition coefficient (Wildman–Crippen LogP) is 0.296. The van der Waals surface area contributed by atoms with Crippen LogP contribution in [0.25, 0.3) is 10.9 Å². The molecule has 2 heterocycles. The third kappa shape index (κ3) is 3.40. The van der Waals surface area contributed by atoms with Crippen LogP contribution >= 0.6 is 12.4 Å². The molecule has 1 aliphatic rings. The Kier molecular flexibility index (Phi) is 4.93. The SMILES string of the molecule is Cl.O=C(Cn1cnc2ccccc2c1=O)NC1CCNC1. The molecule has 1 unspecified atom stereocenters. The summed E-state index contributed by atoms with van der Waals surface area (Å²) in [5, 5.41) is 6.63. The van der Waals surface area contributed by atoms with Crippen molar-refractivity contribution in [2.75, 3.05) is 13.1 Å². The number of hydrogen-bond donors (Lipinski definition) is 2. The molecule has 1 fully saturated rings. The molecule has 1 amide bonds. The number of amides is 1. The summed E-state index contributed by atoms with van der Waals surface area (Å²) in [7, 11) is 0. The van der Waals surface area contributed by atoms with Crippen LogP contribution in [0.5, 0.6) is 0 Å². The lowest BCUT2D eigenvalue weighted by Gasteiger charge is -2.12. The summed E-state index contributed by atoms with van der Waals surface area (Å²) in [4.78, 5) is 28.4. The molecule has 1 aromatic heterocycles. The second kappa shape index (κ2) is 6.69. The highest BCUT2D eigenvalue weighted by Crippen LogP contribution is 2.04. The molecule has 6 nitrogen and oxygen atoms in total. The van der Waals surface area contributed by atoms with E-state index in [1.165, 1.54) is 10.9 Å². The molecule has 1 saturated heterocycles. The van der Waals surface area contributed by atoms with Crippen LogP contribution in [-0.2, 0) is 11.3 Å². The summed E-state index contributed by atoms with van der Waals surface area (Å²) < 4.78 is 1.35. The fraction of sp³-hybridized carbons (Fsp3) is 0.357.